The van der Waals surface area contributed by atoms with Crippen molar-refractivity contribution in [2.45, 2.75) is 66.5 Å². The Bertz CT molecular complexity index is 189. The molecule has 15 heavy (non-hydrogen) atoms. The monoisotopic (exact) mass is 214 g/mol. The summed E-state index contributed by atoms with van der Waals surface area (Å²) in [4.78, 5) is 0. The highest BCUT2D eigenvalue weighted by molar-refractivity contribution is 4.82. The van der Waals surface area contributed by atoms with Gasteiger partial charge in [-0.25, -0.2) is 0 Å². The fourth-order valence-corrected chi connectivity index (χ4v) is 2.38. The van der Waals surface area contributed by atoms with Crippen molar-refractivity contribution in [1.29, 1.82) is 0 Å². The van der Waals surface area contributed by atoms with Gasteiger partial charge in [0.05, 0.1) is 12.2 Å². The van der Waals surface area contributed by atoms with Gasteiger partial charge in [-0.05, 0) is 32.1 Å². The van der Waals surface area contributed by atoms with Gasteiger partial charge in [0.25, 0.3) is 0 Å². The maximum absolute atomic E-state index is 6.02. The molecule has 1 rings (SSSR count). The topological polar surface area (TPSA) is 18.5 Å². The highest BCUT2D eigenvalue weighted by Crippen LogP contribution is 2.36. The van der Waals surface area contributed by atoms with E-state index < -0.39 is 0 Å². The van der Waals surface area contributed by atoms with Crippen LogP contribution in [0.3, 0.4) is 0 Å². The third-order valence-electron chi connectivity index (χ3n) is 3.79. The number of hydrogen-bond acceptors (Lipinski definition) is 2. The van der Waals surface area contributed by atoms with Gasteiger partial charge in [0, 0.05) is 5.92 Å². The van der Waals surface area contributed by atoms with Gasteiger partial charge in [-0.2, -0.15) is 0 Å². The molecule has 0 saturated carbocycles. The molecule has 0 bridgehead atoms. The van der Waals surface area contributed by atoms with Crippen LogP contribution in [0.25, 0.3) is 0 Å². The summed E-state index contributed by atoms with van der Waals surface area (Å²) in [6, 6.07) is 0. The second kappa shape index (κ2) is 5.31. The Morgan fingerprint density at radius 3 is 2.13 bits per heavy atom. The summed E-state index contributed by atoms with van der Waals surface area (Å²) in [5, 5.41) is 0. The molecule has 0 N–H and O–H groups in total. The Hall–Kier alpha value is -0.0800. The van der Waals surface area contributed by atoms with Gasteiger partial charge in [0.1, 0.15) is 0 Å². The average molecular weight is 214 g/mol. The van der Waals surface area contributed by atoms with Crippen LogP contribution in [0.5, 0.6) is 0 Å². The molecular weight excluding hydrogens is 188 g/mol. The van der Waals surface area contributed by atoms with Crippen LogP contribution in [0.15, 0.2) is 0 Å². The first-order valence-corrected chi connectivity index (χ1v) is 6.28. The zero-order chi connectivity index (χ0) is 11.6. The molecule has 0 aromatic heterocycles. The number of ether oxygens (including phenoxy) is 2. The van der Waals surface area contributed by atoms with Crippen molar-refractivity contribution in [1.82, 2.24) is 0 Å². The molecular formula is C13H26O2. The SMILES string of the molecule is CCC1OC(OC(C)C)C(C)[C@@H](C)[C@H]1C. The molecule has 1 aliphatic heterocycles. The molecule has 0 aromatic carbocycles. The summed E-state index contributed by atoms with van der Waals surface area (Å²) >= 11 is 0. The molecule has 2 nitrogen and oxygen atoms in total. The Labute approximate surface area is 94.3 Å². The number of rotatable bonds is 3. The minimum atomic E-state index is -0.0128. The second-order valence-corrected chi connectivity index (χ2v) is 5.21. The lowest BCUT2D eigenvalue weighted by Crippen LogP contribution is -2.46. The van der Waals surface area contributed by atoms with Crippen LogP contribution in [-0.2, 0) is 9.47 Å². The van der Waals surface area contributed by atoms with Gasteiger partial charge >= 0.3 is 0 Å². The second-order valence-electron chi connectivity index (χ2n) is 5.21. The third-order valence-corrected chi connectivity index (χ3v) is 3.79. The average Bonchev–Trinajstić information content (AvgIpc) is 2.18. The molecule has 3 unspecified atom stereocenters. The van der Waals surface area contributed by atoms with Gasteiger partial charge < -0.3 is 9.47 Å². The molecule has 0 amide bonds. The van der Waals surface area contributed by atoms with E-state index in [1.807, 2.05) is 0 Å². The van der Waals surface area contributed by atoms with Crippen LogP contribution >= 0.6 is 0 Å². The molecule has 0 spiro atoms. The van der Waals surface area contributed by atoms with E-state index >= 15 is 0 Å². The highest BCUT2D eigenvalue weighted by atomic mass is 16.7. The predicted octanol–water partition coefficient (Wildman–Crippen LogP) is 3.45. The lowest BCUT2D eigenvalue weighted by molar-refractivity contribution is -0.259. The highest BCUT2D eigenvalue weighted by Gasteiger charge is 2.38. The Morgan fingerprint density at radius 2 is 1.67 bits per heavy atom. The minimum Gasteiger partial charge on any atom is -0.350 e. The van der Waals surface area contributed by atoms with E-state index in [2.05, 4.69) is 41.5 Å². The van der Waals surface area contributed by atoms with Crippen LogP contribution in [0.2, 0.25) is 0 Å². The van der Waals surface area contributed by atoms with Crippen LogP contribution < -0.4 is 0 Å². The van der Waals surface area contributed by atoms with Crippen molar-refractivity contribution >= 4 is 0 Å². The first-order chi connectivity index (χ1) is 6.97. The number of hydrogen-bond donors (Lipinski definition) is 0. The molecule has 5 atom stereocenters. The molecule has 0 aromatic rings. The van der Waals surface area contributed by atoms with Crippen LogP contribution in [0.4, 0.5) is 0 Å². The Kier molecular flexibility index (Phi) is 4.60. The summed E-state index contributed by atoms with van der Waals surface area (Å²) in [5.74, 6) is 1.80. The maximum Gasteiger partial charge on any atom is 0.161 e. The summed E-state index contributed by atoms with van der Waals surface area (Å²) in [7, 11) is 0. The predicted molar refractivity (Wildman–Crippen MR) is 62.7 cm³/mol. The lowest BCUT2D eigenvalue weighted by Gasteiger charge is -2.43. The van der Waals surface area contributed by atoms with Gasteiger partial charge in [-0.15, -0.1) is 0 Å². The smallest absolute Gasteiger partial charge is 0.161 e. The standard InChI is InChI=1S/C13H26O2/c1-7-12-10(5)9(4)11(6)13(15-12)14-8(2)3/h8-13H,7H2,1-6H3/t9-,10+,11?,12?,13?/m0/s1. The van der Waals surface area contributed by atoms with Crippen LogP contribution in [0.1, 0.15) is 48.0 Å². The van der Waals surface area contributed by atoms with E-state index in [-0.39, 0.29) is 12.4 Å². The zero-order valence-corrected chi connectivity index (χ0v) is 11.0. The molecule has 90 valence electrons. The van der Waals surface area contributed by atoms with Crippen molar-refractivity contribution < 1.29 is 9.47 Å². The van der Waals surface area contributed by atoms with Crippen LogP contribution in [-0.4, -0.2) is 18.5 Å². The van der Waals surface area contributed by atoms with Crippen molar-refractivity contribution in [3.63, 3.8) is 0 Å². The van der Waals surface area contributed by atoms with E-state index in [4.69, 9.17) is 9.47 Å². The zero-order valence-electron chi connectivity index (χ0n) is 11.0. The quantitative estimate of drug-likeness (QED) is 0.716. The normalized spacial score (nSPS) is 42.2. The van der Waals surface area contributed by atoms with E-state index in [0.717, 1.165) is 6.42 Å². The summed E-state index contributed by atoms with van der Waals surface area (Å²) in [6.45, 7) is 13.2. The molecule has 0 radical (unpaired) electrons. The van der Waals surface area contributed by atoms with Crippen molar-refractivity contribution in [2.75, 3.05) is 0 Å². The molecule has 1 heterocycles. The first-order valence-electron chi connectivity index (χ1n) is 6.28. The summed E-state index contributed by atoms with van der Waals surface area (Å²) < 4.78 is 11.9. The third kappa shape index (κ3) is 2.94. The van der Waals surface area contributed by atoms with Gasteiger partial charge in [0.15, 0.2) is 6.29 Å². The largest absolute Gasteiger partial charge is 0.350 e. The van der Waals surface area contributed by atoms with E-state index in [1.165, 1.54) is 0 Å². The molecule has 1 fully saturated rings. The first kappa shape index (κ1) is 13.0. The summed E-state index contributed by atoms with van der Waals surface area (Å²) in [5.41, 5.74) is 0. The fourth-order valence-electron chi connectivity index (χ4n) is 2.38. The minimum absolute atomic E-state index is 0.0128. The molecule has 1 aliphatic rings. The van der Waals surface area contributed by atoms with E-state index in [0.29, 0.717) is 23.9 Å². The molecule has 0 aliphatic carbocycles. The van der Waals surface area contributed by atoms with Crippen molar-refractivity contribution in [2.24, 2.45) is 17.8 Å². The Balaban J connectivity index is 2.65. The van der Waals surface area contributed by atoms with Crippen LogP contribution in [0, 0.1) is 17.8 Å². The fraction of sp³-hybridized carbons (Fsp3) is 1.00. The molecule has 1 saturated heterocycles. The molecule has 2 heteroatoms. The van der Waals surface area contributed by atoms with E-state index in [9.17, 15) is 0 Å². The van der Waals surface area contributed by atoms with Crippen molar-refractivity contribution in [3.05, 3.63) is 0 Å². The summed E-state index contributed by atoms with van der Waals surface area (Å²) in [6.07, 6.45) is 1.67. The maximum atomic E-state index is 6.02. The van der Waals surface area contributed by atoms with E-state index in [1.54, 1.807) is 0 Å². The van der Waals surface area contributed by atoms with Crippen molar-refractivity contribution in [3.8, 4) is 0 Å². The lowest BCUT2D eigenvalue weighted by atomic mass is 9.78. The Morgan fingerprint density at radius 1 is 1.07 bits per heavy atom. The van der Waals surface area contributed by atoms with Gasteiger partial charge in [0.2, 0.25) is 0 Å². The van der Waals surface area contributed by atoms with Gasteiger partial charge in [-0.3, -0.25) is 0 Å². The van der Waals surface area contributed by atoms with Gasteiger partial charge in [-0.1, -0.05) is 27.7 Å².